The topological polar surface area (TPSA) is 17.1 Å². The molecule has 23 heavy (non-hydrogen) atoms. The van der Waals surface area contributed by atoms with Crippen molar-refractivity contribution in [3.05, 3.63) is 87.9 Å². The smallest absolute Gasteiger partial charge is 0.160 e. The molecule has 1 heteroatoms. The average Bonchev–Trinajstić information content (AvgIpc) is 2.82. The monoisotopic (exact) mass is 294 g/mol. The summed E-state index contributed by atoms with van der Waals surface area (Å²) in [4.78, 5) is 12.3. The molecule has 0 radical (unpaired) electrons. The van der Waals surface area contributed by atoms with E-state index in [2.05, 4.69) is 60.7 Å². The highest BCUT2D eigenvalue weighted by Gasteiger charge is 2.12. The highest BCUT2D eigenvalue weighted by atomic mass is 16.1. The molecular weight excluding hydrogens is 280 g/mol. The Bertz CT molecular complexity index is 1250. The van der Waals surface area contributed by atoms with Crippen LogP contribution in [0.3, 0.4) is 0 Å². The Labute approximate surface area is 133 Å². The number of Topliss-reactive ketones (excluding diaryl/α,β-unsaturated/α-hetero) is 1. The van der Waals surface area contributed by atoms with Crippen molar-refractivity contribution >= 4 is 33.4 Å². The molecule has 0 saturated heterocycles. The van der Waals surface area contributed by atoms with Gasteiger partial charge in [0.15, 0.2) is 5.78 Å². The van der Waals surface area contributed by atoms with Gasteiger partial charge in [-0.05, 0) is 54.9 Å². The van der Waals surface area contributed by atoms with E-state index in [1.165, 1.54) is 26.6 Å². The van der Waals surface area contributed by atoms with Crippen molar-refractivity contribution < 1.29 is 4.79 Å². The molecule has 0 bridgehead atoms. The Kier molecular flexibility index (Phi) is 2.48. The van der Waals surface area contributed by atoms with E-state index < -0.39 is 0 Å². The van der Waals surface area contributed by atoms with E-state index in [0.29, 0.717) is 6.42 Å². The fraction of sp³-hybridized carbons (Fsp3) is 0.0455. The first kappa shape index (κ1) is 12.6. The van der Waals surface area contributed by atoms with Crippen molar-refractivity contribution in [2.75, 3.05) is 0 Å². The summed E-state index contributed by atoms with van der Waals surface area (Å²) >= 11 is 0. The zero-order valence-electron chi connectivity index (χ0n) is 12.5. The van der Waals surface area contributed by atoms with E-state index >= 15 is 0 Å². The van der Waals surface area contributed by atoms with Crippen LogP contribution in [0.5, 0.6) is 0 Å². The number of ketones is 1. The molecule has 2 aromatic rings. The summed E-state index contributed by atoms with van der Waals surface area (Å²) in [5.74, 6) is 0.182. The highest BCUT2D eigenvalue weighted by Crippen LogP contribution is 2.21. The van der Waals surface area contributed by atoms with Gasteiger partial charge in [0.1, 0.15) is 0 Å². The largest absolute Gasteiger partial charge is 0.294 e. The number of carbonyl (C=O) groups excluding carboxylic acids is 1. The molecule has 0 N–H and O–H groups in total. The second kappa shape index (κ2) is 4.53. The number of hydrogen-bond donors (Lipinski definition) is 0. The lowest BCUT2D eigenvalue weighted by atomic mass is 9.97. The summed E-state index contributed by atoms with van der Waals surface area (Å²) in [6.45, 7) is 0. The summed E-state index contributed by atoms with van der Waals surface area (Å²) in [5.41, 5.74) is 1.13. The first-order valence-corrected chi connectivity index (χ1v) is 7.88. The van der Waals surface area contributed by atoms with Gasteiger partial charge in [-0.2, -0.15) is 0 Å². The van der Waals surface area contributed by atoms with Gasteiger partial charge in [-0.15, -0.1) is 0 Å². The molecule has 0 heterocycles. The van der Waals surface area contributed by atoms with E-state index in [9.17, 15) is 4.79 Å². The van der Waals surface area contributed by atoms with Crippen LogP contribution >= 0.6 is 0 Å². The second-order valence-corrected chi connectivity index (χ2v) is 6.17. The van der Waals surface area contributed by atoms with Crippen LogP contribution in [0, 0.1) is 10.4 Å². The molecule has 108 valence electrons. The average molecular weight is 294 g/mol. The normalized spacial score (nSPS) is 13.5. The highest BCUT2D eigenvalue weighted by molar-refractivity contribution is 6.10. The minimum Gasteiger partial charge on any atom is -0.294 e. The predicted octanol–water partition coefficient (Wildman–Crippen LogP) is 3.90. The van der Waals surface area contributed by atoms with Gasteiger partial charge in [-0.3, -0.25) is 4.79 Å². The third kappa shape index (κ3) is 1.77. The zero-order valence-corrected chi connectivity index (χ0v) is 12.5. The molecule has 0 atom stereocenters. The minimum atomic E-state index is 0.182. The van der Waals surface area contributed by atoms with E-state index in [1.54, 1.807) is 0 Å². The van der Waals surface area contributed by atoms with Gasteiger partial charge in [0, 0.05) is 6.42 Å². The van der Waals surface area contributed by atoms with Crippen molar-refractivity contribution in [3.63, 3.8) is 0 Å². The van der Waals surface area contributed by atoms with Gasteiger partial charge in [-0.1, -0.05) is 60.7 Å². The lowest BCUT2D eigenvalue weighted by Crippen LogP contribution is -2.17. The molecule has 0 saturated carbocycles. The van der Waals surface area contributed by atoms with Gasteiger partial charge in [0.25, 0.3) is 0 Å². The van der Waals surface area contributed by atoms with E-state index in [0.717, 1.165) is 16.2 Å². The summed E-state index contributed by atoms with van der Waals surface area (Å²) in [5, 5.41) is 8.29. The third-order valence-corrected chi connectivity index (χ3v) is 4.77. The fourth-order valence-corrected chi connectivity index (χ4v) is 3.82. The molecule has 1 nitrogen and oxygen atoms in total. The molecule has 0 aliphatic heterocycles. The summed E-state index contributed by atoms with van der Waals surface area (Å²) in [6, 6.07) is 23.3. The van der Waals surface area contributed by atoms with E-state index in [4.69, 9.17) is 0 Å². The van der Waals surface area contributed by atoms with E-state index in [1.807, 2.05) is 12.1 Å². The Balaban J connectivity index is 2.35. The van der Waals surface area contributed by atoms with Crippen LogP contribution in [0.1, 0.15) is 5.56 Å². The molecule has 3 aliphatic carbocycles. The van der Waals surface area contributed by atoms with Crippen LogP contribution in [-0.4, -0.2) is 5.78 Å². The second-order valence-electron chi connectivity index (χ2n) is 6.17. The van der Waals surface area contributed by atoms with Crippen LogP contribution in [-0.2, 0) is 11.2 Å². The van der Waals surface area contributed by atoms with Crippen LogP contribution in [0.4, 0.5) is 0 Å². The molecule has 0 aromatic heterocycles. The van der Waals surface area contributed by atoms with Crippen LogP contribution < -0.4 is 5.22 Å². The Morgan fingerprint density at radius 3 is 2.35 bits per heavy atom. The standard InChI is InChI=1S/C22H14O/c23-18-12-17-9-4-7-14-6-3-8-16-11-15-5-1-2-10-19(15)20(13-18)22(17)21(14)16/h1-11,13H,12H2. The Hall–Kier alpha value is -2.93. The zero-order chi connectivity index (χ0) is 15.4. The van der Waals surface area contributed by atoms with Crippen molar-refractivity contribution in [1.82, 2.24) is 0 Å². The van der Waals surface area contributed by atoms with Crippen LogP contribution in [0.15, 0.2) is 66.7 Å². The molecular formula is C22H14O. The molecule has 5 rings (SSSR count). The minimum absolute atomic E-state index is 0.182. The number of rotatable bonds is 0. The first-order valence-electron chi connectivity index (χ1n) is 7.88. The van der Waals surface area contributed by atoms with Gasteiger partial charge in [0.2, 0.25) is 0 Å². The molecule has 0 fully saturated rings. The quantitative estimate of drug-likeness (QED) is 0.480. The molecule has 0 unspecified atom stereocenters. The van der Waals surface area contributed by atoms with Crippen molar-refractivity contribution in [2.45, 2.75) is 6.42 Å². The summed E-state index contributed by atoms with van der Waals surface area (Å²) < 4.78 is 0. The van der Waals surface area contributed by atoms with Crippen LogP contribution in [0.2, 0.25) is 0 Å². The maximum atomic E-state index is 12.3. The molecule has 0 spiro atoms. The van der Waals surface area contributed by atoms with Crippen LogP contribution in [0.25, 0.3) is 27.6 Å². The van der Waals surface area contributed by atoms with Gasteiger partial charge in [-0.25, -0.2) is 0 Å². The molecule has 2 aromatic carbocycles. The van der Waals surface area contributed by atoms with Crippen molar-refractivity contribution in [2.24, 2.45) is 0 Å². The first-order chi connectivity index (χ1) is 11.3. The molecule has 3 aliphatic rings. The van der Waals surface area contributed by atoms with Gasteiger partial charge < -0.3 is 0 Å². The lowest BCUT2D eigenvalue weighted by molar-refractivity contribution is -0.112. The lowest BCUT2D eigenvalue weighted by Gasteiger charge is -2.05. The van der Waals surface area contributed by atoms with Crippen molar-refractivity contribution in [3.8, 4) is 0 Å². The number of benzene rings is 2. The molecule has 0 amide bonds. The summed E-state index contributed by atoms with van der Waals surface area (Å²) in [6.07, 6.45) is 2.32. The van der Waals surface area contributed by atoms with Gasteiger partial charge in [0.05, 0.1) is 0 Å². The summed E-state index contributed by atoms with van der Waals surface area (Å²) in [7, 11) is 0. The van der Waals surface area contributed by atoms with E-state index in [-0.39, 0.29) is 5.78 Å². The Morgan fingerprint density at radius 1 is 0.696 bits per heavy atom. The Morgan fingerprint density at radius 2 is 1.43 bits per heavy atom. The predicted molar refractivity (Wildman–Crippen MR) is 94.0 cm³/mol. The third-order valence-electron chi connectivity index (χ3n) is 4.77. The fourth-order valence-electron chi connectivity index (χ4n) is 3.82. The van der Waals surface area contributed by atoms with Gasteiger partial charge >= 0.3 is 0 Å². The maximum Gasteiger partial charge on any atom is 0.160 e. The number of carbonyl (C=O) groups is 1. The number of hydrogen-bond acceptors (Lipinski definition) is 1. The number of fused-ring (bicyclic) bond motifs is 2. The maximum absolute atomic E-state index is 12.3. The van der Waals surface area contributed by atoms with Crippen molar-refractivity contribution in [1.29, 1.82) is 0 Å². The SMILES string of the molecule is O=C1C=c2c3c(cccc4cccc(cc5ccccc25)c4=3)C1.